The number of fused-ring (bicyclic) bond motifs is 5. The molecule has 0 spiro atoms. The van der Waals surface area contributed by atoms with Gasteiger partial charge in [-0.2, -0.15) is 0 Å². The molecule has 118 valence electrons. The van der Waals surface area contributed by atoms with Crippen LogP contribution in [0.15, 0.2) is 42.5 Å². The predicted molar refractivity (Wildman–Crippen MR) is 100 cm³/mol. The second-order valence-electron chi connectivity index (χ2n) is 7.59. The molecule has 1 heterocycles. The fourth-order valence-corrected chi connectivity index (χ4v) is 6.56. The third-order valence-corrected chi connectivity index (χ3v) is 7.46. The monoisotopic (exact) mass is 321 g/mol. The van der Waals surface area contributed by atoms with Crippen LogP contribution in [-0.4, -0.2) is 19.8 Å². The Morgan fingerprint density at radius 2 is 1.78 bits per heavy atom. The molecule has 1 aliphatic carbocycles. The number of para-hydroxylation sites is 1. The van der Waals surface area contributed by atoms with Gasteiger partial charge in [0.15, 0.2) is 0 Å². The maximum atomic E-state index is 5.49. The molecule has 1 atom stereocenters. The van der Waals surface area contributed by atoms with E-state index in [2.05, 4.69) is 73.7 Å². The van der Waals surface area contributed by atoms with Crippen LogP contribution in [0.2, 0.25) is 19.6 Å². The Labute approximate surface area is 138 Å². The Balaban J connectivity index is 2.14. The van der Waals surface area contributed by atoms with Gasteiger partial charge in [0.05, 0.1) is 20.9 Å². The Morgan fingerprint density at radius 1 is 1.04 bits per heavy atom. The van der Waals surface area contributed by atoms with Gasteiger partial charge in [0, 0.05) is 29.1 Å². The molecule has 0 saturated heterocycles. The molecule has 2 nitrogen and oxygen atoms in total. The average molecular weight is 321 g/mol. The van der Waals surface area contributed by atoms with E-state index in [9.17, 15) is 0 Å². The zero-order valence-electron chi connectivity index (χ0n) is 14.5. The van der Waals surface area contributed by atoms with E-state index in [0.29, 0.717) is 5.54 Å². The molecule has 1 unspecified atom stereocenters. The average Bonchev–Trinajstić information content (AvgIpc) is 3.01. The standard InChI is InChI=1S/C20H23NOSi/c1-21-17-9-7-6-8-15(17)18-19(21)16-12-13(22-2)10-11-14(16)20(18)23(3,4)5/h6-12,20H,1-5H3. The molecular formula is C20H23NOSi. The highest BCUT2D eigenvalue weighted by atomic mass is 28.3. The van der Waals surface area contributed by atoms with Gasteiger partial charge in [-0.15, -0.1) is 0 Å². The minimum atomic E-state index is -1.41. The van der Waals surface area contributed by atoms with Crippen molar-refractivity contribution in [2.45, 2.75) is 25.2 Å². The summed E-state index contributed by atoms with van der Waals surface area (Å²) in [7, 11) is 2.52. The molecule has 3 aromatic rings. The van der Waals surface area contributed by atoms with Gasteiger partial charge in [-0.05, 0) is 29.3 Å². The number of hydrogen-bond acceptors (Lipinski definition) is 1. The van der Waals surface area contributed by atoms with Crippen molar-refractivity contribution in [3.63, 3.8) is 0 Å². The lowest BCUT2D eigenvalue weighted by Crippen LogP contribution is -2.30. The predicted octanol–water partition coefficient (Wildman–Crippen LogP) is 5.18. The third kappa shape index (κ3) is 1.93. The van der Waals surface area contributed by atoms with Crippen LogP contribution in [0.3, 0.4) is 0 Å². The van der Waals surface area contributed by atoms with E-state index in [0.717, 1.165) is 5.75 Å². The summed E-state index contributed by atoms with van der Waals surface area (Å²) in [6.07, 6.45) is 0. The highest BCUT2D eigenvalue weighted by Crippen LogP contribution is 2.53. The van der Waals surface area contributed by atoms with E-state index in [4.69, 9.17) is 4.74 Å². The lowest BCUT2D eigenvalue weighted by Gasteiger charge is -2.27. The van der Waals surface area contributed by atoms with E-state index in [-0.39, 0.29) is 0 Å². The highest BCUT2D eigenvalue weighted by Gasteiger charge is 2.41. The van der Waals surface area contributed by atoms with E-state index in [1.807, 2.05) is 0 Å². The summed E-state index contributed by atoms with van der Waals surface area (Å²) in [5, 5.41) is 1.41. The maximum absolute atomic E-state index is 5.49. The largest absolute Gasteiger partial charge is 0.497 e. The molecule has 23 heavy (non-hydrogen) atoms. The Bertz CT molecular complexity index is 917. The highest BCUT2D eigenvalue weighted by molar-refractivity contribution is 6.78. The van der Waals surface area contributed by atoms with Crippen molar-refractivity contribution in [1.82, 2.24) is 4.57 Å². The first-order valence-corrected chi connectivity index (χ1v) is 11.8. The summed E-state index contributed by atoms with van der Waals surface area (Å²) in [5.74, 6) is 0.941. The van der Waals surface area contributed by atoms with Crippen molar-refractivity contribution in [3.8, 4) is 17.0 Å². The van der Waals surface area contributed by atoms with Crippen LogP contribution in [0.25, 0.3) is 22.2 Å². The molecule has 0 aliphatic heterocycles. The zero-order chi connectivity index (χ0) is 16.4. The smallest absolute Gasteiger partial charge is 0.119 e. The third-order valence-electron chi connectivity index (χ3n) is 5.13. The lowest BCUT2D eigenvalue weighted by molar-refractivity contribution is 0.415. The number of aryl methyl sites for hydroxylation is 1. The molecule has 1 aliphatic rings. The van der Waals surface area contributed by atoms with Gasteiger partial charge in [-0.3, -0.25) is 0 Å². The summed E-state index contributed by atoms with van der Waals surface area (Å²) >= 11 is 0. The Morgan fingerprint density at radius 3 is 2.48 bits per heavy atom. The van der Waals surface area contributed by atoms with Gasteiger partial charge in [0.25, 0.3) is 0 Å². The van der Waals surface area contributed by atoms with E-state index >= 15 is 0 Å². The van der Waals surface area contributed by atoms with Crippen LogP contribution >= 0.6 is 0 Å². The van der Waals surface area contributed by atoms with Gasteiger partial charge in [0.1, 0.15) is 5.75 Å². The fraction of sp³-hybridized carbons (Fsp3) is 0.300. The Kier molecular flexibility index (Phi) is 3.01. The number of aromatic nitrogens is 1. The van der Waals surface area contributed by atoms with Crippen molar-refractivity contribution in [2.75, 3.05) is 7.11 Å². The minimum absolute atomic E-state index is 0.546. The lowest BCUT2D eigenvalue weighted by atomic mass is 10.1. The molecule has 0 amide bonds. The molecule has 2 aromatic carbocycles. The fourth-order valence-electron chi connectivity index (χ4n) is 4.21. The number of rotatable bonds is 2. The van der Waals surface area contributed by atoms with Crippen LogP contribution in [0.4, 0.5) is 0 Å². The second-order valence-corrected chi connectivity index (χ2v) is 12.9. The molecule has 0 N–H and O–H groups in total. The minimum Gasteiger partial charge on any atom is -0.497 e. The molecule has 0 radical (unpaired) electrons. The van der Waals surface area contributed by atoms with Gasteiger partial charge >= 0.3 is 0 Å². The normalized spacial score (nSPS) is 16.5. The van der Waals surface area contributed by atoms with E-state index in [1.165, 1.54) is 33.3 Å². The quantitative estimate of drug-likeness (QED) is 0.593. The molecule has 4 rings (SSSR count). The summed E-state index contributed by atoms with van der Waals surface area (Å²) in [5.41, 5.74) is 7.62. The van der Waals surface area contributed by atoms with Crippen molar-refractivity contribution < 1.29 is 4.74 Å². The second kappa shape index (κ2) is 4.75. The number of methoxy groups -OCH3 is 1. The van der Waals surface area contributed by atoms with Crippen molar-refractivity contribution in [2.24, 2.45) is 7.05 Å². The van der Waals surface area contributed by atoms with Gasteiger partial charge in [0.2, 0.25) is 0 Å². The number of hydrogen-bond donors (Lipinski definition) is 0. The first kappa shape index (κ1) is 14.6. The van der Waals surface area contributed by atoms with Crippen molar-refractivity contribution in [3.05, 3.63) is 53.6 Å². The summed E-state index contributed by atoms with van der Waals surface area (Å²) in [6, 6.07) is 15.4. The van der Waals surface area contributed by atoms with Crippen LogP contribution in [0.1, 0.15) is 16.7 Å². The molecule has 3 heteroatoms. The maximum Gasteiger partial charge on any atom is 0.119 e. The van der Waals surface area contributed by atoms with Crippen LogP contribution in [0, 0.1) is 0 Å². The van der Waals surface area contributed by atoms with Gasteiger partial charge in [-0.25, -0.2) is 0 Å². The van der Waals surface area contributed by atoms with E-state index < -0.39 is 8.07 Å². The van der Waals surface area contributed by atoms with Gasteiger partial charge < -0.3 is 9.30 Å². The molecular weight excluding hydrogens is 298 g/mol. The Hall–Kier alpha value is -2.00. The molecule has 1 aromatic heterocycles. The molecule has 0 fully saturated rings. The molecule has 0 bridgehead atoms. The zero-order valence-corrected chi connectivity index (χ0v) is 15.5. The molecule has 0 saturated carbocycles. The van der Waals surface area contributed by atoms with Crippen LogP contribution < -0.4 is 4.74 Å². The first-order chi connectivity index (χ1) is 10.9. The van der Waals surface area contributed by atoms with Crippen LogP contribution in [-0.2, 0) is 7.05 Å². The van der Waals surface area contributed by atoms with Crippen molar-refractivity contribution >= 4 is 19.0 Å². The first-order valence-electron chi connectivity index (χ1n) is 8.19. The van der Waals surface area contributed by atoms with Gasteiger partial charge in [-0.1, -0.05) is 43.9 Å². The SMILES string of the molecule is COc1ccc2c(c1)-c1c(c3ccccc3n1C)C2[Si](C)(C)C. The van der Waals surface area contributed by atoms with E-state index in [1.54, 1.807) is 7.11 Å². The number of ether oxygens (including phenoxy) is 1. The number of nitrogens with zero attached hydrogens (tertiary/aromatic N) is 1. The summed E-state index contributed by atoms with van der Waals surface area (Å²) < 4.78 is 7.86. The van der Waals surface area contributed by atoms with Crippen molar-refractivity contribution in [1.29, 1.82) is 0 Å². The summed E-state index contributed by atoms with van der Waals surface area (Å²) in [4.78, 5) is 0. The summed E-state index contributed by atoms with van der Waals surface area (Å²) in [6.45, 7) is 7.42. The van der Waals surface area contributed by atoms with Crippen LogP contribution in [0.5, 0.6) is 5.75 Å². The topological polar surface area (TPSA) is 14.2 Å². The number of benzene rings is 2.